The average molecular weight is 345 g/mol. The summed E-state index contributed by atoms with van der Waals surface area (Å²) in [5, 5.41) is -0.0923. The van der Waals surface area contributed by atoms with Gasteiger partial charge in [-0.1, -0.05) is 66.2 Å². The first-order valence-corrected chi connectivity index (χ1v) is 9.28. The summed E-state index contributed by atoms with van der Waals surface area (Å²) < 4.78 is 0. The van der Waals surface area contributed by atoms with Crippen LogP contribution in [-0.4, -0.2) is 11.2 Å². The molecule has 3 aromatic rings. The summed E-state index contributed by atoms with van der Waals surface area (Å²) in [6.45, 7) is 2.08. The first-order chi connectivity index (χ1) is 12.2. The Kier molecular flexibility index (Phi) is 4.33. The molecule has 1 saturated heterocycles. The molecular weight excluding hydrogens is 326 g/mol. The van der Waals surface area contributed by atoms with Crippen LogP contribution in [0.25, 0.3) is 0 Å². The van der Waals surface area contributed by atoms with E-state index in [2.05, 4.69) is 43.3 Å². The van der Waals surface area contributed by atoms with Gasteiger partial charge in [0, 0.05) is 10.6 Å². The van der Waals surface area contributed by atoms with Crippen molar-refractivity contribution in [3.8, 4) is 0 Å². The number of β-lactam (4-membered cyclic amide) rings is 1. The number of hydrogen-bond donors (Lipinski definition) is 0. The number of para-hydroxylation sites is 1. The molecule has 1 heterocycles. The van der Waals surface area contributed by atoms with E-state index in [0.717, 1.165) is 10.6 Å². The Morgan fingerprint density at radius 1 is 0.800 bits per heavy atom. The highest BCUT2D eigenvalue weighted by atomic mass is 32.2. The van der Waals surface area contributed by atoms with E-state index in [9.17, 15) is 4.79 Å². The lowest BCUT2D eigenvalue weighted by molar-refractivity contribution is -0.123. The number of carbonyl (C=O) groups excluding carboxylic acids is 1. The van der Waals surface area contributed by atoms with E-state index < -0.39 is 0 Å². The van der Waals surface area contributed by atoms with E-state index in [1.807, 2.05) is 53.4 Å². The standard InChI is InChI=1S/C22H19NOS/c1-16-12-14-19(15-13-16)25-21-20(17-8-4-2-5-9-17)23(22(21)24)18-10-6-3-7-11-18/h2-15,20-21H,1H3/t20-,21-/m0/s1. The van der Waals surface area contributed by atoms with Crippen molar-refractivity contribution in [3.05, 3.63) is 96.1 Å². The van der Waals surface area contributed by atoms with Crippen LogP contribution in [0.2, 0.25) is 0 Å². The SMILES string of the molecule is Cc1ccc(S[C@@H]2C(=O)N(c3ccccc3)[C@H]2c2ccccc2)cc1. The van der Waals surface area contributed by atoms with Crippen molar-refractivity contribution in [3.63, 3.8) is 0 Å². The van der Waals surface area contributed by atoms with Gasteiger partial charge in [-0.15, -0.1) is 11.8 Å². The summed E-state index contributed by atoms with van der Waals surface area (Å²) in [4.78, 5) is 16.0. The number of benzene rings is 3. The molecule has 0 N–H and O–H groups in total. The Balaban J connectivity index is 1.66. The van der Waals surface area contributed by atoms with Crippen LogP contribution >= 0.6 is 11.8 Å². The molecule has 0 aromatic heterocycles. The van der Waals surface area contributed by atoms with Crippen LogP contribution in [0.15, 0.2) is 89.8 Å². The van der Waals surface area contributed by atoms with Gasteiger partial charge in [-0.2, -0.15) is 0 Å². The van der Waals surface area contributed by atoms with Gasteiger partial charge < -0.3 is 4.90 Å². The zero-order chi connectivity index (χ0) is 17.2. The summed E-state index contributed by atoms with van der Waals surface area (Å²) >= 11 is 1.66. The van der Waals surface area contributed by atoms with Crippen LogP contribution in [0, 0.1) is 6.92 Å². The predicted octanol–water partition coefficient (Wildman–Crippen LogP) is 5.24. The molecule has 3 heteroatoms. The van der Waals surface area contributed by atoms with E-state index in [1.54, 1.807) is 11.8 Å². The predicted molar refractivity (Wildman–Crippen MR) is 104 cm³/mol. The third kappa shape index (κ3) is 3.08. The monoisotopic (exact) mass is 345 g/mol. The zero-order valence-corrected chi connectivity index (χ0v) is 14.8. The fourth-order valence-electron chi connectivity index (χ4n) is 3.19. The number of carbonyl (C=O) groups is 1. The van der Waals surface area contributed by atoms with E-state index in [1.165, 1.54) is 11.1 Å². The largest absolute Gasteiger partial charge is 0.302 e. The molecule has 1 aliphatic rings. The van der Waals surface area contributed by atoms with Gasteiger partial charge in [-0.25, -0.2) is 0 Å². The zero-order valence-electron chi connectivity index (χ0n) is 14.0. The maximum absolute atomic E-state index is 12.9. The lowest BCUT2D eigenvalue weighted by Crippen LogP contribution is -2.57. The van der Waals surface area contributed by atoms with E-state index in [-0.39, 0.29) is 17.2 Å². The highest BCUT2D eigenvalue weighted by molar-refractivity contribution is 8.00. The van der Waals surface area contributed by atoms with E-state index >= 15 is 0 Å². The summed E-state index contributed by atoms with van der Waals surface area (Å²) in [7, 11) is 0. The number of rotatable bonds is 4. The molecule has 1 aliphatic heterocycles. The molecule has 25 heavy (non-hydrogen) atoms. The number of aryl methyl sites for hydroxylation is 1. The molecule has 2 atom stereocenters. The Morgan fingerprint density at radius 3 is 2.04 bits per heavy atom. The second-order valence-corrected chi connectivity index (χ2v) is 7.47. The quantitative estimate of drug-likeness (QED) is 0.602. The number of anilines is 1. The molecule has 3 aromatic carbocycles. The van der Waals surface area contributed by atoms with Crippen molar-refractivity contribution in [1.82, 2.24) is 0 Å². The molecule has 1 fully saturated rings. The highest BCUT2D eigenvalue weighted by Crippen LogP contribution is 2.47. The van der Waals surface area contributed by atoms with Gasteiger partial charge in [0.05, 0.1) is 6.04 Å². The van der Waals surface area contributed by atoms with Gasteiger partial charge in [0.25, 0.3) is 0 Å². The summed E-state index contributed by atoms with van der Waals surface area (Å²) in [6.07, 6.45) is 0. The van der Waals surface area contributed by atoms with Crippen LogP contribution in [0.5, 0.6) is 0 Å². The highest BCUT2D eigenvalue weighted by Gasteiger charge is 2.49. The van der Waals surface area contributed by atoms with Crippen LogP contribution < -0.4 is 4.90 Å². The Hall–Kier alpha value is -2.52. The van der Waals surface area contributed by atoms with Gasteiger partial charge >= 0.3 is 0 Å². The fraction of sp³-hybridized carbons (Fsp3) is 0.136. The van der Waals surface area contributed by atoms with Crippen molar-refractivity contribution >= 4 is 23.4 Å². The fourth-order valence-corrected chi connectivity index (χ4v) is 4.40. The summed E-state index contributed by atoms with van der Waals surface area (Å²) in [6, 6.07) is 28.7. The van der Waals surface area contributed by atoms with Crippen molar-refractivity contribution in [2.75, 3.05) is 4.90 Å². The maximum atomic E-state index is 12.9. The second kappa shape index (κ2) is 6.77. The molecule has 0 unspecified atom stereocenters. The molecule has 0 radical (unpaired) electrons. The molecule has 0 saturated carbocycles. The molecule has 2 nitrogen and oxygen atoms in total. The third-order valence-electron chi connectivity index (χ3n) is 4.51. The van der Waals surface area contributed by atoms with Crippen molar-refractivity contribution in [2.24, 2.45) is 0 Å². The van der Waals surface area contributed by atoms with Crippen molar-refractivity contribution in [1.29, 1.82) is 0 Å². The van der Waals surface area contributed by atoms with E-state index in [4.69, 9.17) is 0 Å². The molecule has 1 amide bonds. The van der Waals surface area contributed by atoms with Crippen molar-refractivity contribution < 1.29 is 4.79 Å². The van der Waals surface area contributed by atoms with E-state index in [0.29, 0.717) is 0 Å². The first-order valence-electron chi connectivity index (χ1n) is 8.40. The van der Waals surface area contributed by atoms with Crippen molar-refractivity contribution in [2.45, 2.75) is 23.1 Å². The van der Waals surface area contributed by atoms with Crippen LogP contribution in [0.1, 0.15) is 17.2 Å². The van der Waals surface area contributed by atoms with Crippen LogP contribution in [0.3, 0.4) is 0 Å². The lowest BCUT2D eigenvalue weighted by atomic mass is 9.92. The smallest absolute Gasteiger partial charge is 0.243 e. The minimum Gasteiger partial charge on any atom is -0.302 e. The molecule has 4 rings (SSSR count). The molecule has 0 bridgehead atoms. The van der Waals surface area contributed by atoms with Gasteiger partial charge in [0.2, 0.25) is 5.91 Å². The van der Waals surface area contributed by atoms with Gasteiger partial charge in [0.15, 0.2) is 0 Å². The summed E-state index contributed by atoms with van der Waals surface area (Å²) in [5.41, 5.74) is 3.37. The maximum Gasteiger partial charge on any atom is 0.243 e. The Labute approximate surface area is 152 Å². The number of nitrogens with zero attached hydrogens (tertiary/aromatic N) is 1. The first kappa shape index (κ1) is 16.0. The Morgan fingerprint density at radius 2 is 1.40 bits per heavy atom. The lowest BCUT2D eigenvalue weighted by Gasteiger charge is -2.47. The minimum absolute atomic E-state index is 0.0578. The second-order valence-electron chi connectivity index (χ2n) is 6.25. The van der Waals surface area contributed by atoms with Gasteiger partial charge in [-0.05, 0) is 36.8 Å². The average Bonchev–Trinajstić information content (AvgIpc) is 2.66. The normalized spacial score (nSPS) is 19.6. The minimum atomic E-state index is -0.0923. The number of thioether (sulfide) groups is 1. The number of amides is 1. The van der Waals surface area contributed by atoms with Gasteiger partial charge in [-0.3, -0.25) is 4.79 Å². The molecule has 0 spiro atoms. The van der Waals surface area contributed by atoms with Crippen LogP contribution in [-0.2, 0) is 4.79 Å². The number of hydrogen-bond acceptors (Lipinski definition) is 2. The molecule has 124 valence electrons. The van der Waals surface area contributed by atoms with Gasteiger partial charge in [0.1, 0.15) is 5.25 Å². The topological polar surface area (TPSA) is 20.3 Å². The third-order valence-corrected chi connectivity index (χ3v) is 5.76. The van der Waals surface area contributed by atoms with Crippen LogP contribution in [0.4, 0.5) is 5.69 Å². The Bertz CT molecular complexity index is 862. The summed E-state index contributed by atoms with van der Waals surface area (Å²) in [5.74, 6) is 0.172. The molecular formula is C22H19NOS. The molecule has 0 aliphatic carbocycles.